The predicted molar refractivity (Wildman–Crippen MR) is 187 cm³/mol. The molecule has 1 N–H and O–H groups in total. The molecule has 0 unspecified atom stereocenters. The lowest BCUT2D eigenvalue weighted by molar-refractivity contribution is -0.140. The summed E-state index contributed by atoms with van der Waals surface area (Å²) in [5.74, 6) is -0.951. The number of hydrogen-bond donors (Lipinski definition) is 1. The van der Waals surface area contributed by atoms with Crippen molar-refractivity contribution in [1.29, 1.82) is 0 Å². The Bertz CT molecular complexity index is 1850. The van der Waals surface area contributed by atoms with E-state index in [-0.39, 0.29) is 41.2 Å². The number of ether oxygens (including phenoxy) is 2. The van der Waals surface area contributed by atoms with Crippen molar-refractivity contribution in [2.24, 2.45) is 0 Å². The van der Waals surface area contributed by atoms with E-state index in [2.05, 4.69) is 5.32 Å². The monoisotopic (exact) mass is 687 g/mol. The van der Waals surface area contributed by atoms with Crippen LogP contribution in [0.25, 0.3) is 0 Å². The zero-order valence-corrected chi connectivity index (χ0v) is 28.8. The Kier molecular flexibility index (Phi) is 11.6. The second-order valence-electron chi connectivity index (χ2n) is 12.1. The molecule has 0 radical (unpaired) electrons. The quantitative estimate of drug-likeness (QED) is 0.173. The fraction of sp³-hybridized carbons (Fsp3) is 0.316. The van der Waals surface area contributed by atoms with E-state index in [0.29, 0.717) is 5.75 Å². The van der Waals surface area contributed by atoms with E-state index in [0.717, 1.165) is 58.8 Å². The van der Waals surface area contributed by atoms with Crippen molar-refractivity contribution in [3.63, 3.8) is 0 Å². The minimum Gasteiger partial charge on any atom is -0.493 e. The number of carbonyl (C=O) groups excluding carboxylic acids is 2. The molecular formula is C38H42FN3O6S. The van der Waals surface area contributed by atoms with E-state index in [1.165, 1.54) is 49.5 Å². The first kappa shape index (κ1) is 35.4. The minimum absolute atomic E-state index is 0.00216. The number of halogens is 1. The summed E-state index contributed by atoms with van der Waals surface area (Å²) in [6.45, 7) is 1.33. The Morgan fingerprint density at radius 1 is 0.878 bits per heavy atom. The third-order valence-electron chi connectivity index (χ3n) is 8.91. The van der Waals surface area contributed by atoms with E-state index >= 15 is 0 Å². The highest BCUT2D eigenvalue weighted by Gasteiger charge is 2.36. The number of amides is 2. The number of benzene rings is 4. The standard InChI is InChI=1S/C38H42FN3O6S/c1-27-11-7-8-14-29(27)25-41(34(23-28-12-5-4-6-13-28)38(44)40-31-15-9-10-16-31)37(43)26-42(32-19-17-30(39)18-20-32)49(45,46)33-21-22-35(47-2)36(24-33)48-3/h4-8,11-14,17-22,24,31,34H,9-10,15-16,23,25-26H2,1-3H3,(H,40,44)/t34-/m1/s1. The highest BCUT2D eigenvalue weighted by molar-refractivity contribution is 7.92. The fourth-order valence-electron chi connectivity index (χ4n) is 6.13. The molecule has 0 aliphatic heterocycles. The Labute approximate surface area is 287 Å². The average Bonchev–Trinajstić information content (AvgIpc) is 3.63. The number of carbonyl (C=O) groups is 2. The maximum absolute atomic E-state index is 14.7. The molecule has 1 fully saturated rings. The molecule has 258 valence electrons. The van der Waals surface area contributed by atoms with E-state index in [1.807, 2.05) is 61.5 Å². The first-order valence-corrected chi connectivity index (χ1v) is 17.7. The van der Waals surface area contributed by atoms with Crippen LogP contribution in [0.1, 0.15) is 42.4 Å². The number of hydrogen-bond acceptors (Lipinski definition) is 6. The Balaban J connectivity index is 1.59. The lowest BCUT2D eigenvalue weighted by Gasteiger charge is -2.34. The van der Waals surface area contributed by atoms with Crippen LogP contribution in [-0.4, -0.2) is 58.0 Å². The largest absolute Gasteiger partial charge is 0.493 e. The van der Waals surface area contributed by atoms with Crippen LogP contribution in [0, 0.1) is 12.7 Å². The molecule has 0 saturated heterocycles. The van der Waals surface area contributed by atoms with Crippen LogP contribution >= 0.6 is 0 Å². The van der Waals surface area contributed by atoms with Gasteiger partial charge in [0.05, 0.1) is 24.8 Å². The smallest absolute Gasteiger partial charge is 0.264 e. The van der Waals surface area contributed by atoms with Gasteiger partial charge in [-0.2, -0.15) is 0 Å². The Morgan fingerprint density at radius 3 is 2.18 bits per heavy atom. The number of sulfonamides is 1. The maximum Gasteiger partial charge on any atom is 0.264 e. The van der Waals surface area contributed by atoms with Gasteiger partial charge in [0.25, 0.3) is 10.0 Å². The molecule has 49 heavy (non-hydrogen) atoms. The lowest BCUT2D eigenvalue weighted by atomic mass is 10.0. The summed E-state index contributed by atoms with van der Waals surface area (Å²) >= 11 is 0. The highest BCUT2D eigenvalue weighted by atomic mass is 32.2. The zero-order chi connectivity index (χ0) is 35.0. The molecule has 9 nitrogen and oxygen atoms in total. The first-order chi connectivity index (χ1) is 23.6. The van der Waals surface area contributed by atoms with Gasteiger partial charge in [0, 0.05) is 25.1 Å². The molecule has 1 aliphatic carbocycles. The second-order valence-corrected chi connectivity index (χ2v) is 14.0. The van der Waals surface area contributed by atoms with Gasteiger partial charge in [-0.15, -0.1) is 0 Å². The predicted octanol–water partition coefficient (Wildman–Crippen LogP) is 6.05. The maximum atomic E-state index is 14.7. The van der Waals surface area contributed by atoms with Gasteiger partial charge in [0.2, 0.25) is 11.8 Å². The van der Waals surface area contributed by atoms with Gasteiger partial charge < -0.3 is 19.7 Å². The molecule has 4 aromatic rings. The number of nitrogens with one attached hydrogen (secondary N) is 1. The van der Waals surface area contributed by atoms with Crippen LogP contribution in [0.3, 0.4) is 0 Å². The van der Waals surface area contributed by atoms with Gasteiger partial charge in [-0.25, -0.2) is 12.8 Å². The van der Waals surface area contributed by atoms with Crippen LogP contribution in [0.4, 0.5) is 10.1 Å². The van der Waals surface area contributed by atoms with Crippen molar-refractivity contribution in [2.75, 3.05) is 25.1 Å². The number of methoxy groups -OCH3 is 2. The Hall–Kier alpha value is -4.90. The van der Waals surface area contributed by atoms with Crippen molar-refractivity contribution < 1.29 is 31.9 Å². The average molecular weight is 688 g/mol. The lowest BCUT2D eigenvalue weighted by Crippen LogP contribution is -2.54. The minimum atomic E-state index is -4.43. The molecule has 0 spiro atoms. The van der Waals surface area contributed by atoms with Crippen molar-refractivity contribution >= 4 is 27.5 Å². The molecular weight excluding hydrogens is 645 g/mol. The van der Waals surface area contributed by atoms with E-state index in [1.54, 1.807) is 0 Å². The zero-order valence-electron chi connectivity index (χ0n) is 28.0. The van der Waals surface area contributed by atoms with Crippen LogP contribution in [0.5, 0.6) is 11.5 Å². The van der Waals surface area contributed by atoms with E-state index < -0.39 is 34.3 Å². The van der Waals surface area contributed by atoms with Crippen LogP contribution < -0.4 is 19.1 Å². The van der Waals surface area contributed by atoms with Crippen molar-refractivity contribution in [1.82, 2.24) is 10.2 Å². The summed E-state index contributed by atoms with van der Waals surface area (Å²) in [7, 11) is -1.60. The molecule has 1 saturated carbocycles. The summed E-state index contributed by atoms with van der Waals surface area (Å²) in [6.07, 6.45) is 3.96. The normalized spacial score (nSPS) is 13.8. The van der Waals surface area contributed by atoms with Crippen molar-refractivity contribution in [3.8, 4) is 11.5 Å². The van der Waals surface area contributed by atoms with Gasteiger partial charge >= 0.3 is 0 Å². The summed E-state index contributed by atoms with van der Waals surface area (Å²) in [4.78, 5) is 30.2. The van der Waals surface area contributed by atoms with Crippen molar-refractivity contribution in [3.05, 3.63) is 120 Å². The summed E-state index contributed by atoms with van der Waals surface area (Å²) < 4.78 is 54.4. The molecule has 1 aliphatic rings. The number of rotatable bonds is 14. The molecule has 0 aromatic heterocycles. The summed E-state index contributed by atoms with van der Waals surface area (Å²) in [6, 6.07) is 25.1. The van der Waals surface area contributed by atoms with Gasteiger partial charge in [0.15, 0.2) is 11.5 Å². The van der Waals surface area contributed by atoms with Crippen LogP contribution in [-0.2, 0) is 32.6 Å². The van der Waals surface area contributed by atoms with Crippen LogP contribution in [0.2, 0.25) is 0 Å². The molecule has 0 heterocycles. The van der Waals surface area contributed by atoms with E-state index in [9.17, 15) is 22.4 Å². The number of nitrogens with zero attached hydrogens (tertiary/aromatic N) is 2. The molecule has 2 amide bonds. The third-order valence-corrected chi connectivity index (χ3v) is 10.7. The molecule has 0 bridgehead atoms. The van der Waals surface area contributed by atoms with Gasteiger partial charge in [-0.3, -0.25) is 13.9 Å². The molecule has 4 aromatic carbocycles. The number of aryl methyl sites for hydroxylation is 1. The topological polar surface area (TPSA) is 105 Å². The first-order valence-electron chi connectivity index (χ1n) is 16.3. The highest BCUT2D eigenvalue weighted by Crippen LogP contribution is 2.33. The van der Waals surface area contributed by atoms with Gasteiger partial charge in [-0.1, -0.05) is 67.4 Å². The summed E-state index contributed by atoms with van der Waals surface area (Å²) in [5.41, 5.74) is 2.67. The molecule has 1 atom stereocenters. The third kappa shape index (κ3) is 8.58. The molecule has 5 rings (SSSR count). The molecule has 11 heteroatoms. The summed E-state index contributed by atoms with van der Waals surface area (Å²) in [5, 5.41) is 3.17. The SMILES string of the molecule is COc1ccc(S(=O)(=O)N(CC(=O)N(Cc2ccccc2C)[C@H](Cc2ccccc2)C(=O)NC2CCCC2)c2ccc(F)cc2)cc1OC. The van der Waals surface area contributed by atoms with E-state index in [4.69, 9.17) is 9.47 Å². The van der Waals surface area contributed by atoms with Crippen LogP contribution in [0.15, 0.2) is 102 Å². The van der Waals surface area contributed by atoms with Gasteiger partial charge in [-0.05, 0) is 72.9 Å². The number of anilines is 1. The van der Waals surface area contributed by atoms with Gasteiger partial charge in [0.1, 0.15) is 18.4 Å². The fourth-order valence-corrected chi connectivity index (χ4v) is 7.56. The second kappa shape index (κ2) is 16.0. The Morgan fingerprint density at radius 2 is 1.53 bits per heavy atom. The van der Waals surface area contributed by atoms with Crippen molar-refractivity contribution in [2.45, 2.75) is 62.6 Å².